The topological polar surface area (TPSA) is 62.2 Å². The first-order valence-electron chi connectivity index (χ1n) is 6.59. The van der Waals surface area contributed by atoms with Crippen LogP contribution in [0.1, 0.15) is 15.9 Å². The Morgan fingerprint density at radius 1 is 1.19 bits per heavy atom. The molecule has 1 aromatic heterocycles. The van der Waals surface area contributed by atoms with Gasteiger partial charge in [-0.2, -0.15) is 0 Å². The Kier molecular flexibility index (Phi) is 3.28. The molecule has 0 bridgehead atoms. The molecule has 3 rings (SSSR count). The number of rotatable bonds is 3. The Morgan fingerprint density at radius 2 is 2.05 bits per heavy atom. The van der Waals surface area contributed by atoms with Crippen LogP contribution in [0.15, 0.2) is 54.9 Å². The Morgan fingerprint density at radius 3 is 2.81 bits per heavy atom. The maximum atomic E-state index is 11.0. The monoisotopic (exact) mass is 278 g/mol. The largest absolute Gasteiger partial charge is 0.478 e. The molecule has 0 amide bonds. The van der Waals surface area contributed by atoms with Gasteiger partial charge in [0.05, 0.1) is 5.56 Å². The summed E-state index contributed by atoms with van der Waals surface area (Å²) in [5, 5.41) is 14.5. The van der Waals surface area contributed by atoms with Crippen molar-refractivity contribution in [2.24, 2.45) is 0 Å². The van der Waals surface area contributed by atoms with Crippen molar-refractivity contribution in [2.45, 2.75) is 6.92 Å². The second-order valence-electron chi connectivity index (χ2n) is 4.86. The van der Waals surface area contributed by atoms with Crippen molar-refractivity contribution < 1.29 is 9.90 Å². The van der Waals surface area contributed by atoms with Gasteiger partial charge in [0, 0.05) is 29.2 Å². The van der Waals surface area contributed by atoms with Gasteiger partial charge >= 0.3 is 5.97 Å². The summed E-state index contributed by atoms with van der Waals surface area (Å²) in [7, 11) is 0. The van der Waals surface area contributed by atoms with Gasteiger partial charge in [-0.3, -0.25) is 4.98 Å². The van der Waals surface area contributed by atoms with Crippen LogP contribution in [-0.2, 0) is 0 Å². The first-order valence-corrected chi connectivity index (χ1v) is 6.59. The van der Waals surface area contributed by atoms with Crippen LogP contribution in [0.5, 0.6) is 0 Å². The first kappa shape index (κ1) is 13.1. The molecule has 0 fully saturated rings. The van der Waals surface area contributed by atoms with E-state index >= 15 is 0 Å². The van der Waals surface area contributed by atoms with Crippen LogP contribution in [-0.4, -0.2) is 16.1 Å². The zero-order chi connectivity index (χ0) is 14.8. The van der Waals surface area contributed by atoms with Crippen LogP contribution >= 0.6 is 0 Å². The molecule has 0 saturated carbocycles. The lowest BCUT2D eigenvalue weighted by Gasteiger charge is -2.11. The minimum Gasteiger partial charge on any atom is -0.478 e. The van der Waals surface area contributed by atoms with Crippen molar-refractivity contribution in [2.75, 3.05) is 5.32 Å². The fraction of sp³-hybridized carbons (Fsp3) is 0.0588. The van der Waals surface area contributed by atoms with E-state index in [-0.39, 0.29) is 0 Å². The van der Waals surface area contributed by atoms with E-state index in [9.17, 15) is 4.79 Å². The molecule has 4 heteroatoms. The van der Waals surface area contributed by atoms with Gasteiger partial charge in [-0.05, 0) is 48.2 Å². The normalized spacial score (nSPS) is 10.5. The maximum absolute atomic E-state index is 11.0. The second kappa shape index (κ2) is 5.25. The lowest BCUT2D eigenvalue weighted by Crippen LogP contribution is -2.00. The molecule has 0 atom stereocenters. The van der Waals surface area contributed by atoms with Crippen LogP contribution in [0.3, 0.4) is 0 Å². The molecule has 0 aliphatic rings. The molecule has 2 N–H and O–H groups in total. The van der Waals surface area contributed by atoms with Gasteiger partial charge in [-0.25, -0.2) is 4.79 Å². The first-order chi connectivity index (χ1) is 10.1. The van der Waals surface area contributed by atoms with E-state index in [1.54, 1.807) is 25.3 Å². The SMILES string of the molecule is Cc1cc(Nc2cccc3ccncc23)ccc1C(=O)O. The summed E-state index contributed by atoms with van der Waals surface area (Å²) in [5.74, 6) is -0.909. The Bertz CT molecular complexity index is 823. The highest BCUT2D eigenvalue weighted by Gasteiger charge is 2.08. The van der Waals surface area contributed by atoms with Crippen LogP contribution in [0.4, 0.5) is 11.4 Å². The smallest absolute Gasteiger partial charge is 0.335 e. The van der Waals surface area contributed by atoms with E-state index in [0.29, 0.717) is 5.56 Å². The van der Waals surface area contributed by atoms with Gasteiger partial charge in [0.2, 0.25) is 0 Å². The minimum absolute atomic E-state index is 0.320. The number of benzene rings is 2. The number of nitrogens with zero attached hydrogens (tertiary/aromatic N) is 1. The number of aryl methyl sites for hydroxylation is 1. The highest BCUT2D eigenvalue weighted by atomic mass is 16.4. The summed E-state index contributed by atoms with van der Waals surface area (Å²) < 4.78 is 0. The number of nitrogens with one attached hydrogen (secondary N) is 1. The number of aromatic carboxylic acids is 1. The fourth-order valence-electron chi connectivity index (χ4n) is 2.36. The highest BCUT2D eigenvalue weighted by molar-refractivity contribution is 5.95. The summed E-state index contributed by atoms with van der Waals surface area (Å²) in [4.78, 5) is 15.2. The number of carbonyl (C=O) groups is 1. The molecule has 3 aromatic rings. The van der Waals surface area contributed by atoms with E-state index < -0.39 is 5.97 Å². The Hall–Kier alpha value is -2.88. The average Bonchev–Trinajstić information content (AvgIpc) is 2.47. The number of pyridine rings is 1. The van der Waals surface area contributed by atoms with E-state index in [1.807, 2.05) is 36.5 Å². The molecular weight excluding hydrogens is 264 g/mol. The van der Waals surface area contributed by atoms with Crippen molar-refractivity contribution in [3.05, 3.63) is 66.0 Å². The molecule has 0 radical (unpaired) electrons. The predicted molar refractivity (Wildman–Crippen MR) is 83.2 cm³/mol. The second-order valence-corrected chi connectivity index (χ2v) is 4.86. The molecule has 0 aliphatic heterocycles. The van der Waals surface area contributed by atoms with E-state index in [1.165, 1.54) is 0 Å². The van der Waals surface area contributed by atoms with Crippen LogP contribution in [0.2, 0.25) is 0 Å². The zero-order valence-corrected chi connectivity index (χ0v) is 11.5. The zero-order valence-electron chi connectivity index (χ0n) is 11.5. The molecule has 4 nitrogen and oxygen atoms in total. The quantitative estimate of drug-likeness (QED) is 0.760. The maximum Gasteiger partial charge on any atom is 0.335 e. The standard InChI is InChI=1S/C17H14N2O2/c1-11-9-13(5-6-14(11)17(20)21)19-16-4-2-3-12-7-8-18-10-15(12)16/h2-10,19H,1H3,(H,20,21). The van der Waals surface area contributed by atoms with Crippen molar-refractivity contribution >= 4 is 28.1 Å². The van der Waals surface area contributed by atoms with E-state index in [0.717, 1.165) is 27.7 Å². The molecule has 0 saturated heterocycles. The van der Waals surface area contributed by atoms with Gasteiger partial charge in [-0.15, -0.1) is 0 Å². The number of carboxylic acid groups (broad SMARTS) is 1. The van der Waals surface area contributed by atoms with Crippen molar-refractivity contribution in [3.63, 3.8) is 0 Å². The fourth-order valence-corrected chi connectivity index (χ4v) is 2.36. The minimum atomic E-state index is -0.909. The molecule has 2 aromatic carbocycles. The molecule has 104 valence electrons. The van der Waals surface area contributed by atoms with Gasteiger partial charge in [0.15, 0.2) is 0 Å². The third kappa shape index (κ3) is 2.56. The lowest BCUT2D eigenvalue weighted by atomic mass is 10.1. The van der Waals surface area contributed by atoms with Gasteiger partial charge in [0.1, 0.15) is 0 Å². The number of anilines is 2. The predicted octanol–water partition coefficient (Wildman–Crippen LogP) is 3.99. The van der Waals surface area contributed by atoms with Crippen molar-refractivity contribution in [1.29, 1.82) is 0 Å². The highest BCUT2D eigenvalue weighted by Crippen LogP contribution is 2.26. The molecule has 1 heterocycles. The number of hydrogen-bond acceptors (Lipinski definition) is 3. The molecule has 21 heavy (non-hydrogen) atoms. The average molecular weight is 278 g/mol. The lowest BCUT2D eigenvalue weighted by molar-refractivity contribution is 0.0696. The molecular formula is C17H14N2O2. The molecule has 0 spiro atoms. The summed E-state index contributed by atoms with van der Waals surface area (Å²) in [5.41, 5.74) is 2.85. The third-order valence-corrected chi connectivity index (χ3v) is 3.42. The number of aromatic nitrogens is 1. The van der Waals surface area contributed by atoms with Crippen LogP contribution in [0, 0.1) is 6.92 Å². The Labute approximate surface area is 122 Å². The number of fused-ring (bicyclic) bond motifs is 1. The molecule has 0 aliphatic carbocycles. The van der Waals surface area contributed by atoms with Crippen molar-refractivity contribution in [1.82, 2.24) is 4.98 Å². The van der Waals surface area contributed by atoms with Crippen LogP contribution in [0.25, 0.3) is 10.8 Å². The van der Waals surface area contributed by atoms with E-state index in [4.69, 9.17) is 5.11 Å². The van der Waals surface area contributed by atoms with E-state index in [2.05, 4.69) is 10.3 Å². The van der Waals surface area contributed by atoms with Gasteiger partial charge in [-0.1, -0.05) is 12.1 Å². The third-order valence-electron chi connectivity index (χ3n) is 3.42. The number of carboxylic acids is 1. The summed E-state index contributed by atoms with van der Waals surface area (Å²) in [6.07, 6.45) is 3.58. The summed E-state index contributed by atoms with van der Waals surface area (Å²) in [6.45, 7) is 1.79. The molecule has 0 unspecified atom stereocenters. The number of hydrogen-bond donors (Lipinski definition) is 2. The summed E-state index contributed by atoms with van der Waals surface area (Å²) >= 11 is 0. The summed E-state index contributed by atoms with van der Waals surface area (Å²) in [6, 6.07) is 13.2. The van der Waals surface area contributed by atoms with Gasteiger partial charge < -0.3 is 10.4 Å². The van der Waals surface area contributed by atoms with Gasteiger partial charge in [0.25, 0.3) is 0 Å². The van der Waals surface area contributed by atoms with Crippen LogP contribution < -0.4 is 5.32 Å². The van der Waals surface area contributed by atoms with Crippen molar-refractivity contribution in [3.8, 4) is 0 Å². The Balaban J connectivity index is 1.99.